The Morgan fingerprint density at radius 3 is 2.38 bits per heavy atom. The van der Waals surface area contributed by atoms with Gasteiger partial charge in [0.1, 0.15) is 0 Å². The minimum absolute atomic E-state index is 0.0424. The molecule has 0 aromatic heterocycles. The van der Waals surface area contributed by atoms with E-state index in [4.69, 9.17) is 50.0 Å². The SMILES string of the molecule is NC(N)=Nc1cc(Cl)ccc1Cl.O=[N+]([O-])O. The summed E-state index contributed by atoms with van der Waals surface area (Å²) in [7, 11) is 0. The van der Waals surface area contributed by atoms with Gasteiger partial charge in [0.15, 0.2) is 5.96 Å². The van der Waals surface area contributed by atoms with Crippen molar-refractivity contribution in [2.45, 2.75) is 0 Å². The normalized spacial score (nSPS) is 8.62. The van der Waals surface area contributed by atoms with Crippen LogP contribution in [0.25, 0.3) is 0 Å². The summed E-state index contributed by atoms with van der Waals surface area (Å²) in [5.41, 5.74) is 10.8. The molecule has 0 aliphatic heterocycles. The third-order valence-electron chi connectivity index (χ3n) is 1.16. The minimum atomic E-state index is -1.50. The predicted octanol–water partition coefficient (Wildman–Crippen LogP) is 1.55. The number of nitrogens with zero attached hydrogens (tertiary/aromatic N) is 2. The molecule has 5 N–H and O–H groups in total. The minimum Gasteiger partial charge on any atom is -0.370 e. The summed E-state index contributed by atoms with van der Waals surface area (Å²) in [5, 5.41) is 14.6. The lowest BCUT2D eigenvalue weighted by atomic mass is 10.3. The highest BCUT2D eigenvalue weighted by atomic mass is 35.5. The van der Waals surface area contributed by atoms with E-state index in [0.29, 0.717) is 15.7 Å². The molecule has 0 saturated heterocycles. The van der Waals surface area contributed by atoms with Crippen LogP contribution in [-0.2, 0) is 0 Å². The quantitative estimate of drug-likeness (QED) is 0.308. The van der Waals surface area contributed by atoms with Gasteiger partial charge in [-0.2, -0.15) is 0 Å². The van der Waals surface area contributed by atoms with E-state index in [2.05, 4.69) is 4.99 Å². The number of nitrogens with two attached hydrogens (primary N) is 2. The monoisotopic (exact) mass is 266 g/mol. The van der Waals surface area contributed by atoms with Gasteiger partial charge in [-0.1, -0.05) is 23.2 Å². The molecule has 0 radical (unpaired) electrons. The van der Waals surface area contributed by atoms with Crippen molar-refractivity contribution < 1.29 is 10.3 Å². The van der Waals surface area contributed by atoms with Gasteiger partial charge < -0.3 is 16.7 Å². The molecule has 1 aromatic rings. The largest absolute Gasteiger partial charge is 0.370 e. The van der Waals surface area contributed by atoms with Gasteiger partial charge in [0.05, 0.1) is 10.7 Å². The molecule has 9 heteroatoms. The summed E-state index contributed by atoms with van der Waals surface area (Å²) in [4.78, 5) is 12.1. The Balaban J connectivity index is 0.000000487. The fourth-order valence-electron chi connectivity index (χ4n) is 0.711. The molecule has 0 heterocycles. The first-order chi connectivity index (χ1) is 7.32. The van der Waals surface area contributed by atoms with Crippen molar-refractivity contribution in [2.75, 3.05) is 0 Å². The van der Waals surface area contributed by atoms with E-state index >= 15 is 0 Å². The molecule has 0 atom stereocenters. The molecule has 1 aromatic carbocycles. The number of halogens is 2. The smallest absolute Gasteiger partial charge is 0.291 e. The van der Waals surface area contributed by atoms with Crippen LogP contribution in [0, 0.1) is 10.1 Å². The fraction of sp³-hybridized carbons (Fsp3) is 0. The fourth-order valence-corrected chi connectivity index (χ4v) is 1.04. The van der Waals surface area contributed by atoms with Crippen LogP contribution in [0.3, 0.4) is 0 Å². The van der Waals surface area contributed by atoms with Gasteiger partial charge >= 0.3 is 0 Å². The van der Waals surface area contributed by atoms with E-state index < -0.39 is 5.09 Å². The van der Waals surface area contributed by atoms with Gasteiger partial charge in [0.25, 0.3) is 5.09 Å². The van der Waals surface area contributed by atoms with Crippen molar-refractivity contribution in [3.05, 3.63) is 38.4 Å². The van der Waals surface area contributed by atoms with Crippen LogP contribution in [0.5, 0.6) is 0 Å². The first-order valence-corrected chi connectivity index (χ1v) is 4.46. The van der Waals surface area contributed by atoms with Gasteiger partial charge in [0, 0.05) is 5.02 Å². The second kappa shape index (κ2) is 6.70. The van der Waals surface area contributed by atoms with E-state index in [1.54, 1.807) is 18.2 Å². The van der Waals surface area contributed by atoms with Crippen LogP contribution in [0.1, 0.15) is 0 Å². The van der Waals surface area contributed by atoms with Crippen LogP contribution in [0.15, 0.2) is 23.2 Å². The Morgan fingerprint density at radius 1 is 1.44 bits per heavy atom. The maximum atomic E-state index is 8.36. The maximum Gasteiger partial charge on any atom is 0.291 e. The average molecular weight is 267 g/mol. The Morgan fingerprint density at radius 2 is 1.94 bits per heavy atom. The van der Waals surface area contributed by atoms with Crippen LogP contribution >= 0.6 is 23.2 Å². The lowest BCUT2D eigenvalue weighted by Gasteiger charge is -1.98. The van der Waals surface area contributed by atoms with Crippen LogP contribution in [0.4, 0.5) is 5.69 Å². The number of hydrogen-bond donors (Lipinski definition) is 3. The highest BCUT2D eigenvalue weighted by Gasteiger charge is 1.98. The number of guanidine groups is 1. The Labute approximate surface area is 100 Å². The summed E-state index contributed by atoms with van der Waals surface area (Å²) >= 11 is 11.5. The topological polar surface area (TPSA) is 128 Å². The zero-order valence-corrected chi connectivity index (χ0v) is 9.31. The highest BCUT2D eigenvalue weighted by molar-refractivity contribution is 6.35. The van der Waals surface area contributed by atoms with Gasteiger partial charge in [-0.15, -0.1) is 10.1 Å². The van der Waals surface area contributed by atoms with Gasteiger partial charge in [0.2, 0.25) is 0 Å². The molecule has 88 valence electrons. The summed E-state index contributed by atoms with van der Waals surface area (Å²) in [6, 6.07) is 4.88. The van der Waals surface area contributed by atoms with Crippen molar-refractivity contribution in [3.8, 4) is 0 Å². The van der Waals surface area contributed by atoms with Crippen LogP contribution in [-0.4, -0.2) is 16.3 Å². The van der Waals surface area contributed by atoms with Gasteiger partial charge in [-0.05, 0) is 18.2 Å². The second-order valence-corrected chi connectivity index (χ2v) is 3.21. The Kier molecular flexibility index (Phi) is 5.97. The van der Waals surface area contributed by atoms with Gasteiger partial charge in [-0.25, -0.2) is 4.99 Å². The molecule has 16 heavy (non-hydrogen) atoms. The molecule has 0 spiro atoms. The number of aliphatic imine (C=N–C) groups is 1. The molecule has 7 nitrogen and oxygen atoms in total. The third-order valence-corrected chi connectivity index (χ3v) is 1.71. The van der Waals surface area contributed by atoms with E-state index in [9.17, 15) is 0 Å². The van der Waals surface area contributed by atoms with Crippen molar-refractivity contribution in [3.63, 3.8) is 0 Å². The van der Waals surface area contributed by atoms with E-state index in [0.717, 1.165) is 0 Å². The average Bonchev–Trinajstić information content (AvgIpc) is 2.09. The highest BCUT2D eigenvalue weighted by Crippen LogP contribution is 2.27. The molecule has 0 amide bonds. The number of hydrogen-bond acceptors (Lipinski definition) is 3. The van der Waals surface area contributed by atoms with Crippen LogP contribution < -0.4 is 11.5 Å². The van der Waals surface area contributed by atoms with E-state index in [1.807, 2.05) is 0 Å². The Bertz CT molecular complexity index is 403. The first-order valence-electron chi connectivity index (χ1n) is 3.71. The molecule has 0 bridgehead atoms. The standard InChI is InChI=1S/C7H7Cl2N3.HNO3/c8-4-1-2-5(9)6(3-4)12-7(10)11;2-1(3)4/h1-3H,(H4,10,11,12);(H,2,3,4). The predicted molar refractivity (Wildman–Crippen MR) is 60.7 cm³/mol. The van der Waals surface area contributed by atoms with Crippen molar-refractivity contribution >= 4 is 34.8 Å². The number of benzene rings is 1. The zero-order valence-electron chi connectivity index (χ0n) is 7.80. The molecular weight excluding hydrogens is 259 g/mol. The molecular formula is C7H8Cl2N4O3. The maximum absolute atomic E-state index is 8.36. The molecule has 0 aliphatic rings. The van der Waals surface area contributed by atoms with Crippen molar-refractivity contribution in [1.82, 2.24) is 0 Å². The summed E-state index contributed by atoms with van der Waals surface area (Å²) < 4.78 is 0. The van der Waals surface area contributed by atoms with Crippen LogP contribution in [0.2, 0.25) is 10.0 Å². The zero-order chi connectivity index (χ0) is 12.7. The molecule has 0 aliphatic carbocycles. The first kappa shape index (κ1) is 14.3. The van der Waals surface area contributed by atoms with E-state index in [1.165, 1.54) is 0 Å². The molecule has 0 unspecified atom stereocenters. The summed E-state index contributed by atoms with van der Waals surface area (Å²) in [6.07, 6.45) is 0. The second-order valence-electron chi connectivity index (χ2n) is 2.37. The third kappa shape index (κ3) is 6.68. The lowest BCUT2D eigenvalue weighted by molar-refractivity contribution is -0.742. The van der Waals surface area contributed by atoms with Crippen molar-refractivity contribution in [1.29, 1.82) is 0 Å². The Hall–Kier alpha value is -1.73. The lowest BCUT2D eigenvalue weighted by Crippen LogP contribution is -2.21. The van der Waals surface area contributed by atoms with Gasteiger partial charge in [-0.3, -0.25) is 0 Å². The molecule has 0 fully saturated rings. The molecule has 1 rings (SSSR count). The molecule has 0 saturated carbocycles. The summed E-state index contributed by atoms with van der Waals surface area (Å²) in [5.74, 6) is -0.0424. The van der Waals surface area contributed by atoms with Crippen molar-refractivity contribution in [2.24, 2.45) is 16.5 Å². The summed E-state index contributed by atoms with van der Waals surface area (Å²) in [6.45, 7) is 0. The number of rotatable bonds is 1. The van der Waals surface area contributed by atoms with E-state index in [-0.39, 0.29) is 5.96 Å².